The molecular formula is C19H17BrN2OS. The van der Waals surface area contributed by atoms with E-state index in [1.807, 2.05) is 12.1 Å². The molecule has 122 valence electrons. The number of ether oxygens (including phenoxy) is 1. The Labute approximate surface area is 153 Å². The number of aromatic nitrogens is 1. The number of rotatable bonds is 3. The molecule has 0 spiro atoms. The van der Waals surface area contributed by atoms with E-state index in [0.717, 1.165) is 41.3 Å². The molecule has 0 saturated carbocycles. The minimum atomic E-state index is 0.815. The Morgan fingerprint density at radius 3 is 2.62 bits per heavy atom. The van der Waals surface area contributed by atoms with E-state index >= 15 is 0 Å². The number of benzene rings is 2. The van der Waals surface area contributed by atoms with E-state index in [9.17, 15) is 0 Å². The van der Waals surface area contributed by atoms with Crippen molar-refractivity contribution in [2.24, 2.45) is 0 Å². The lowest BCUT2D eigenvalue weighted by atomic mass is 10.2. The van der Waals surface area contributed by atoms with Crippen molar-refractivity contribution in [3.63, 3.8) is 0 Å². The lowest BCUT2D eigenvalue weighted by Gasteiger charge is -2.28. The monoisotopic (exact) mass is 400 g/mol. The van der Waals surface area contributed by atoms with Crippen molar-refractivity contribution in [3.05, 3.63) is 57.5 Å². The van der Waals surface area contributed by atoms with Crippen LogP contribution in [0.4, 0.5) is 5.69 Å². The smallest absolute Gasteiger partial charge is 0.117 e. The van der Waals surface area contributed by atoms with Crippen molar-refractivity contribution < 1.29 is 4.74 Å². The lowest BCUT2D eigenvalue weighted by Crippen LogP contribution is -2.36. The number of nitrogens with zero attached hydrogens (tertiary/aromatic N) is 2. The van der Waals surface area contributed by atoms with Gasteiger partial charge in [0.05, 0.1) is 23.4 Å². The van der Waals surface area contributed by atoms with Gasteiger partial charge in [0.1, 0.15) is 5.01 Å². The van der Waals surface area contributed by atoms with E-state index < -0.39 is 0 Å². The summed E-state index contributed by atoms with van der Waals surface area (Å²) in [4.78, 5) is 7.01. The van der Waals surface area contributed by atoms with Crippen molar-refractivity contribution in [1.29, 1.82) is 0 Å². The highest BCUT2D eigenvalue weighted by Gasteiger charge is 2.10. The summed E-state index contributed by atoms with van der Waals surface area (Å²) in [6, 6.07) is 14.9. The van der Waals surface area contributed by atoms with Crippen LogP contribution in [-0.4, -0.2) is 31.3 Å². The molecule has 0 aliphatic carbocycles. The second-order valence-electron chi connectivity index (χ2n) is 5.69. The molecular weight excluding hydrogens is 384 g/mol. The van der Waals surface area contributed by atoms with E-state index in [1.165, 1.54) is 16.0 Å². The lowest BCUT2D eigenvalue weighted by molar-refractivity contribution is 0.122. The molecule has 1 aromatic heterocycles. The topological polar surface area (TPSA) is 25.4 Å². The van der Waals surface area contributed by atoms with Gasteiger partial charge in [-0.1, -0.05) is 34.1 Å². The Bertz CT molecular complexity index is 867. The molecule has 2 heterocycles. The van der Waals surface area contributed by atoms with E-state index in [0.29, 0.717) is 0 Å². The zero-order valence-corrected chi connectivity index (χ0v) is 15.5. The molecule has 3 nitrogen and oxygen atoms in total. The molecule has 1 saturated heterocycles. The van der Waals surface area contributed by atoms with E-state index in [4.69, 9.17) is 4.74 Å². The summed E-state index contributed by atoms with van der Waals surface area (Å²) < 4.78 is 7.69. The third-order valence-electron chi connectivity index (χ3n) is 4.05. The molecule has 0 amide bonds. The third kappa shape index (κ3) is 3.53. The first kappa shape index (κ1) is 15.8. The highest BCUT2D eigenvalue weighted by molar-refractivity contribution is 9.10. The summed E-state index contributed by atoms with van der Waals surface area (Å²) in [6.45, 7) is 3.57. The summed E-state index contributed by atoms with van der Waals surface area (Å²) in [6.07, 6.45) is 4.21. The molecule has 0 bridgehead atoms. The van der Waals surface area contributed by atoms with Gasteiger partial charge >= 0.3 is 0 Å². The Hall–Kier alpha value is -1.69. The van der Waals surface area contributed by atoms with Crippen LogP contribution in [0.1, 0.15) is 10.6 Å². The minimum Gasteiger partial charge on any atom is -0.378 e. The predicted octanol–water partition coefficient (Wildman–Crippen LogP) is 5.07. The van der Waals surface area contributed by atoms with Gasteiger partial charge in [-0.25, -0.2) is 4.98 Å². The molecule has 2 aromatic carbocycles. The number of halogens is 1. The maximum Gasteiger partial charge on any atom is 0.117 e. The van der Waals surface area contributed by atoms with Crippen LogP contribution < -0.4 is 4.90 Å². The molecule has 1 aliphatic heterocycles. The first-order chi connectivity index (χ1) is 11.8. The van der Waals surface area contributed by atoms with Gasteiger partial charge in [0.25, 0.3) is 0 Å². The molecule has 3 aromatic rings. The zero-order valence-electron chi connectivity index (χ0n) is 13.1. The van der Waals surface area contributed by atoms with Crippen LogP contribution in [0.2, 0.25) is 0 Å². The van der Waals surface area contributed by atoms with E-state index in [1.54, 1.807) is 11.3 Å². The molecule has 1 aliphatic rings. The number of fused-ring (bicyclic) bond motifs is 1. The van der Waals surface area contributed by atoms with Crippen molar-refractivity contribution in [3.8, 4) is 0 Å². The Balaban J connectivity index is 1.50. The Morgan fingerprint density at radius 1 is 1.04 bits per heavy atom. The molecule has 0 radical (unpaired) electrons. The molecule has 0 atom stereocenters. The van der Waals surface area contributed by atoms with E-state index in [-0.39, 0.29) is 0 Å². The molecule has 24 heavy (non-hydrogen) atoms. The van der Waals surface area contributed by atoms with Gasteiger partial charge in [0.15, 0.2) is 0 Å². The second kappa shape index (κ2) is 7.05. The van der Waals surface area contributed by atoms with Crippen molar-refractivity contribution in [1.82, 2.24) is 4.98 Å². The minimum absolute atomic E-state index is 0.815. The summed E-state index contributed by atoms with van der Waals surface area (Å²) in [5, 5.41) is 1.03. The number of hydrogen-bond donors (Lipinski definition) is 0. The highest BCUT2D eigenvalue weighted by atomic mass is 79.9. The molecule has 1 fully saturated rings. The van der Waals surface area contributed by atoms with Crippen LogP contribution in [0, 0.1) is 0 Å². The average molecular weight is 401 g/mol. The summed E-state index contributed by atoms with van der Waals surface area (Å²) in [7, 11) is 0. The fourth-order valence-corrected chi connectivity index (χ4v) is 4.20. The highest BCUT2D eigenvalue weighted by Crippen LogP contribution is 2.26. The predicted molar refractivity (Wildman–Crippen MR) is 106 cm³/mol. The van der Waals surface area contributed by atoms with Gasteiger partial charge in [-0.05, 0) is 42.0 Å². The number of anilines is 1. The fourth-order valence-electron chi connectivity index (χ4n) is 2.77. The number of hydrogen-bond acceptors (Lipinski definition) is 4. The first-order valence-electron chi connectivity index (χ1n) is 7.95. The number of morpholine rings is 1. The van der Waals surface area contributed by atoms with Gasteiger partial charge in [0, 0.05) is 23.2 Å². The van der Waals surface area contributed by atoms with Crippen LogP contribution in [0.25, 0.3) is 22.4 Å². The first-order valence-corrected chi connectivity index (χ1v) is 9.56. The van der Waals surface area contributed by atoms with Gasteiger partial charge in [-0.3, -0.25) is 0 Å². The molecule has 0 N–H and O–H groups in total. The van der Waals surface area contributed by atoms with Gasteiger partial charge in [-0.15, -0.1) is 11.3 Å². The second-order valence-corrected chi connectivity index (χ2v) is 7.67. The maximum atomic E-state index is 5.40. The average Bonchev–Trinajstić information content (AvgIpc) is 3.03. The largest absolute Gasteiger partial charge is 0.378 e. The quantitative estimate of drug-likeness (QED) is 0.613. The summed E-state index contributed by atoms with van der Waals surface area (Å²) >= 11 is 5.21. The third-order valence-corrected chi connectivity index (χ3v) is 5.53. The van der Waals surface area contributed by atoms with Crippen LogP contribution in [-0.2, 0) is 4.74 Å². The molecule has 0 unspecified atom stereocenters. The fraction of sp³-hybridized carbons (Fsp3) is 0.211. The number of thiazole rings is 1. The summed E-state index contributed by atoms with van der Waals surface area (Å²) in [5.41, 5.74) is 3.50. The van der Waals surface area contributed by atoms with Crippen LogP contribution in [0.5, 0.6) is 0 Å². The maximum absolute atomic E-state index is 5.40. The molecule has 5 heteroatoms. The van der Waals surface area contributed by atoms with Crippen molar-refractivity contribution in [2.75, 3.05) is 31.2 Å². The standard InChI is InChI=1S/C19H17BrN2OS/c20-15-4-7-17-18(13-15)24-19(21-17)8-3-14-1-5-16(6-2-14)22-9-11-23-12-10-22/h1-8,13H,9-12H2. The normalized spacial score (nSPS) is 15.5. The van der Waals surface area contributed by atoms with Gasteiger partial charge in [-0.2, -0.15) is 0 Å². The molecule has 4 rings (SSSR count). The van der Waals surface area contributed by atoms with E-state index in [2.05, 4.69) is 68.3 Å². The SMILES string of the molecule is Brc1ccc2nc(C=Cc3ccc(N4CCOCC4)cc3)sc2c1. The van der Waals surface area contributed by atoms with Gasteiger partial charge < -0.3 is 9.64 Å². The summed E-state index contributed by atoms with van der Waals surface area (Å²) in [5.74, 6) is 0. The Kier molecular flexibility index (Phi) is 4.65. The van der Waals surface area contributed by atoms with Crippen LogP contribution >= 0.6 is 27.3 Å². The van der Waals surface area contributed by atoms with Crippen molar-refractivity contribution in [2.45, 2.75) is 0 Å². The zero-order chi connectivity index (χ0) is 16.4. The van der Waals surface area contributed by atoms with Crippen molar-refractivity contribution >= 4 is 55.3 Å². The van der Waals surface area contributed by atoms with Crippen LogP contribution in [0.3, 0.4) is 0 Å². The Morgan fingerprint density at radius 2 is 1.83 bits per heavy atom. The van der Waals surface area contributed by atoms with Crippen LogP contribution in [0.15, 0.2) is 46.9 Å². The van der Waals surface area contributed by atoms with Gasteiger partial charge in [0.2, 0.25) is 0 Å².